The number of carbonyl (C=O) groups is 1. The van der Waals surface area contributed by atoms with E-state index in [1.807, 2.05) is 23.1 Å². The molecular weight excluding hydrogens is 390 g/mol. The first kappa shape index (κ1) is 19.5. The van der Waals surface area contributed by atoms with Crippen LogP contribution in [0.15, 0.2) is 55.2 Å². The van der Waals surface area contributed by atoms with Crippen LogP contribution in [0.1, 0.15) is 43.4 Å². The van der Waals surface area contributed by atoms with E-state index in [-0.39, 0.29) is 18.0 Å². The van der Waals surface area contributed by atoms with Crippen molar-refractivity contribution in [2.75, 3.05) is 0 Å². The van der Waals surface area contributed by atoms with Crippen molar-refractivity contribution in [1.82, 2.24) is 25.1 Å². The van der Waals surface area contributed by atoms with Gasteiger partial charge in [0.05, 0.1) is 17.9 Å². The van der Waals surface area contributed by atoms with Crippen LogP contribution in [0.25, 0.3) is 11.3 Å². The molecule has 1 unspecified atom stereocenters. The molecule has 2 heterocycles. The van der Waals surface area contributed by atoms with Gasteiger partial charge in [0.1, 0.15) is 6.33 Å². The Morgan fingerprint density at radius 3 is 2.79 bits per heavy atom. The highest BCUT2D eigenvalue weighted by Crippen LogP contribution is 2.30. The molecule has 29 heavy (non-hydrogen) atoms. The summed E-state index contributed by atoms with van der Waals surface area (Å²) in [5.41, 5.74) is 2.31. The summed E-state index contributed by atoms with van der Waals surface area (Å²) in [5.74, 6) is -0.388. The third-order valence-corrected chi connectivity index (χ3v) is 5.54. The summed E-state index contributed by atoms with van der Waals surface area (Å²) in [6.45, 7) is 0. The molecule has 1 atom stereocenters. The second-order valence-corrected chi connectivity index (χ2v) is 7.71. The first-order valence-corrected chi connectivity index (χ1v) is 10.0. The predicted molar refractivity (Wildman–Crippen MR) is 109 cm³/mol. The van der Waals surface area contributed by atoms with Crippen LogP contribution in [0.5, 0.6) is 0 Å². The summed E-state index contributed by atoms with van der Waals surface area (Å²) in [4.78, 5) is 20.6. The maximum atomic E-state index is 12.4. The zero-order valence-electron chi connectivity index (χ0n) is 15.8. The Morgan fingerprint density at radius 2 is 2.07 bits per heavy atom. The van der Waals surface area contributed by atoms with Gasteiger partial charge in [-0.25, -0.2) is 9.97 Å². The summed E-state index contributed by atoms with van der Waals surface area (Å²) in [7, 11) is 0. The maximum Gasteiger partial charge on any atom is 0.253 e. The van der Waals surface area contributed by atoms with Crippen LogP contribution in [0.3, 0.4) is 0 Å². The van der Waals surface area contributed by atoms with Crippen LogP contribution in [0.4, 0.5) is 0 Å². The molecular formula is C21H22ClN5O2. The lowest BCUT2D eigenvalue weighted by molar-refractivity contribution is -0.130. The predicted octanol–water partition coefficient (Wildman–Crippen LogP) is 3.33. The Bertz CT molecular complexity index is 970. The van der Waals surface area contributed by atoms with Gasteiger partial charge < -0.3 is 10.4 Å². The molecule has 0 bridgehead atoms. The number of aliphatic hydroxyl groups excluding tert-OH is 1. The van der Waals surface area contributed by atoms with Gasteiger partial charge in [-0.3, -0.25) is 9.48 Å². The van der Waals surface area contributed by atoms with E-state index < -0.39 is 6.10 Å². The number of nitrogens with zero attached hydrogens (tertiary/aromatic N) is 4. The Morgan fingerprint density at radius 1 is 1.24 bits per heavy atom. The number of aliphatic hydroxyl groups is 1. The molecule has 0 radical (unpaired) electrons. The molecule has 0 saturated heterocycles. The van der Waals surface area contributed by atoms with E-state index in [9.17, 15) is 9.90 Å². The van der Waals surface area contributed by atoms with Crippen molar-refractivity contribution in [1.29, 1.82) is 0 Å². The van der Waals surface area contributed by atoms with Gasteiger partial charge in [0, 0.05) is 29.0 Å². The molecule has 1 aliphatic carbocycles. The van der Waals surface area contributed by atoms with Gasteiger partial charge in [-0.1, -0.05) is 23.7 Å². The summed E-state index contributed by atoms with van der Waals surface area (Å²) >= 11 is 5.94. The lowest BCUT2D eigenvalue weighted by atomic mass is 9.91. The molecule has 8 heteroatoms. The number of rotatable bonds is 5. The third kappa shape index (κ3) is 4.63. The van der Waals surface area contributed by atoms with Gasteiger partial charge in [0.2, 0.25) is 0 Å². The Hall–Kier alpha value is -2.77. The van der Waals surface area contributed by atoms with Gasteiger partial charge in [0.15, 0.2) is 6.10 Å². The fraction of sp³-hybridized carbons (Fsp3) is 0.333. The number of carbonyl (C=O) groups excluding carboxylic acids is 1. The largest absolute Gasteiger partial charge is 0.378 e. The third-order valence-electron chi connectivity index (χ3n) is 5.31. The molecule has 4 rings (SSSR count). The fourth-order valence-electron chi connectivity index (χ4n) is 3.72. The van der Waals surface area contributed by atoms with E-state index in [4.69, 9.17) is 11.6 Å². The summed E-state index contributed by atoms with van der Waals surface area (Å²) in [6, 6.07) is 8.93. The zero-order chi connectivity index (χ0) is 20.2. The minimum atomic E-state index is -1.21. The number of hydrogen-bond donors (Lipinski definition) is 2. The monoisotopic (exact) mass is 411 g/mol. The maximum absolute atomic E-state index is 12.4. The first-order chi connectivity index (χ1) is 14.1. The second-order valence-electron chi connectivity index (χ2n) is 7.28. The lowest BCUT2D eigenvalue weighted by Gasteiger charge is -2.30. The molecule has 1 saturated carbocycles. The lowest BCUT2D eigenvalue weighted by Crippen LogP contribution is -2.40. The Kier molecular flexibility index (Phi) is 5.87. The van der Waals surface area contributed by atoms with E-state index in [1.165, 1.54) is 6.33 Å². The average Bonchev–Trinajstić information content (AvgIpc) is 3.25. The summed E-state index contributed by atoms with van der Waals surface area (Å²) in [5, 5.41) is 18.2. The molecule has 1 amide bonds. The van der Waals surface area contributed by atoms with Crippen LogP contribution in [0, 0.1) is 0 Å². The highest BCUT2D eigenvalue weighted by atomic mass is 35.5. The normalized spacial score (nSPS) is 20.2. The highest BCUT2D eigenvalue weighted by molar-refractivity contribution is 6.30. The Labute approximate surface area is 173 Å². The van der Waals surface area contributed by atoms with Gasteiger partial charge in [-0.15, -0.1) is 0 Å². The van der Waals surface area contributed by atoms with Crippen molar-refractivity contribution in [3.63, 3.8) is 0 Å². The minimum absolute atomic E-state index is 0.0458. The zero-order valence-corrected chi connectivity index (χ0v) is 16.5. The topological polar surface area (TPSA) is 92.9 Å². The quantitative estimate of drug-likeness (QED) is 0.671. The van der Waals surface area contributed by atoms with E-state index in [2.05, 4.69) is 20.4 Å². The van der Waals surface area contributed by atoms with Gasteiger partial charge in [-0.2, -0.15) is 5.10 Å². The van der Waals surface area contributed by atoms with Crippen molar-refractivity contribution >= 4 is 17.5 Å². The molecule has 1 fully saturated rings. The number of nitrogens with one attached hydrogen (secondary N) is 1. The minimum Gasteiger partial charge on any atom is -0.378 e. The average molecular weight is 412 g/mol. The molecule has 3 aromatic rings. The molecule has 2 N–H and O–H groups in total. The fourth-order valence-corrected chi connectivity index (χ4v) is 3.92. The van der Waals surface area contributed by atoms with E-state index >= 15 is 0 Å². The van der Waals surface area contributed by atoms with Crippen LogP contribution < -0.4 is 5.32 Å². The molecule has 0 aliphatic heterocycles. The Balaban J connectivity index is 1.32. The number of amides is 1. The highest BCUT2D eigenvalue weighted by Gasteiger charge is 2.26. The van der Waals surface area contributed by atoms with Crippen molar-refractivity contribution in [3.05, 3.63) is 65.8 Å². The molecule has 2 aromatic heterocycles. The SMILES string of the molecule is O=C(NC1CCC(n2cc(-c3ccncn3)cn2)CC1)C(O)c1cccc(Cl)c1. The molecule has 7 nitrogen and oxygen atoms in total. The number of aromatic nitrogens is 4. The standard InChI is InChI=1S/C21H22ClN5O2/c22-16-3-1-2-14(10-16)20(28)21(29)26-17-4-6-18(7-5-17)27-12-15(11-25-27)19-8-9-23-13-24-19/h1-3,8-13,17-18,20,28H,4-7H2,(H,26,29). The van der Waals surface area contributed by atoms with E-state index in [1.54, 1.807) is 30.5 Å². The molecule has 0 spiro atoms. The van der Waals surface area contributed by atoms with Crippen LogP contribution in [-0.4, -0.2) is 36.8 Å². The second kappa shape index (κ2) is 8.71. The van der Waals surface area contributed by atoms with E-state index in [0.29, 0.717) is 10.6 Å². The molecule has 1 aliphatic rings. The van der Waals surface area contributed by atoms with Crippen molar-refractivity contribution < 1.29 is 9.90 Å². The number of hydrogen-bond acceptors (Lipinski definition) is 5. The first-order valence-electron chi connectivity index (χ1n) is 9.64. The van der Waals surface area contributed by atoms with Gasteiger partial charge in [0.25, 0.3) is 5.91 Å². The van der Waals surface area contributed by atoms with Crippen molar-refractivity contribution in [3.8, 4) is 11.3 Å². The smallest absolute Gasteiger partial charge is 0.253 e. The number of benzene rings is 1. The van der Waals surface area contributed by atoms with Crippen LogP contribution in [0.2, 0.25) is 5.02 Å². The summed E-state index contributed by atoms with van der Waals surface area (Å²) in [6.07, 6.45) is 9.33. The van der Waals surface area contributed by atoms with Crippen LogP contribution >= 0.6 is 11.6 Å². The van der Waals surface area contributed by atoms with Crippen LogP contribution in [-0.2, 0) is 4.79 Å². The molecule has 150 valence electrons. The van der Waals surface area contributed by atoms with Gasteiger partial charge in [-0.05, 0) is 49.4 Å². The summed E-state index contributed by atoms with van der Waals surface area (Å²) < 4.78 is 1.98. The van der Waals surface area contributed by atoms with Crippen molar-refractivity contribution in [2.45, 2.75) is 43.9 Å². The molecule has 1 aromatic carbocycles. The van der Waals surface area contributed by atoms with Crippen molar-refractivity contribution in [2.24, 2.45) is 0 Å². The van der Waals surface area contributed by atoms with E-state index in [0.717, 1.165) is 36.9 Å². The number of halogens is 1. The van der Waals surface area contributed by atoms with Gasteiger partial charge >= 0.3 is 0 Å².